The van der Waals surface area contributed by atoms with Crippen molar-refractivity contribution in [2.45, 2.75) is 6.92 Å². The van der Waals surface area contributed by atoms with Crippen molar-refractivity contribution in [3.63, 3.8) is 0 Å². The summed E-state index contributed by atoms with van der Waals surface area (Å²) in [5.74, 6) is -0.893. The molecule has 3 rings (SSSR count). The molecule has 0 saturated heterocycles. The zero-order chi connectivity index (χ0) is 18.1. The van der Waals surface area contributed by atoms with Crippen molar-refractivity contribution in [3.8, 4) is 0 Å². The Morgan fingerprint density at radius 2 is 1.88 bits per heavy atom. The van der Waals surface area contributed by atoms with E-state index in [2.05, 4.69) is 10.1 Å². The highest BCUT2D eigenvalue weighted by atomic mass is 35.5. The van der Waals surface area contributed by atoms with Crippen LogP contribution < -0.4 is 5.32 Å². The third kappa shape index (κ3) is 3.21. The van der Waals surface area contributed by atoms with Gasteiger partial charge in [0.05, 0.1) is 28.4 Å². The molecular formula is C18H13Cl2NO4. The Bertz CT molecular complexity index is 994. The zero-order valence-corrected chi connectivity index (χ0v) is 14.9. The standard InChI is InChI=1S/C18H13Cl2NO4/c1-9-11-4-3-5-13(20)16(11)25-15(9)17(22)21-14-8-10(18(23)24-2)6-7-12(14)19/h3-8H,1-2H3,(H,21,22). The van der Waals surface area contributed by atoms with Crippen LogP contribution in [0, 0.1) is 6.92 Å². The average molecular weight is 378 g/mol. The highest BCUT2D eigenvalue weighted by Gasteiger charge is 2.20. The molecule has 0 radical (unpaired) electrons. The molecule has 5 nitrogen and oxygen atoms in total. The van der Waals surface area contributed by atoms with Gasteiger partial charge >= 0.3 is 5.97 Å². The molecule has 128 valence electrons. The SMILES string of the molecule is COC(=O)c1ccc(Cl)c(NC(=O)c2oc3c(Cl)cccc3c2C)c1. The molecule has 0 aliphatic heterocycles. The highest BCUT2D eigenvalue weighted by Crippen LogP contribution is 2.32. The third-order valence-corrected chi connectivity index (χ3v) is 4.38. The number of carbonyl (C=O) groups is 2. The number of nitrogens with one attached hydrogen (secondary N) is 1. The van der Waals surface area contributed by atoms with Crippen molar-refractivity contribution in [1.29, 1.82) is 0 Å². The van der Waals surface area contributed by atoms with E-state index in [1.807, 2.05) is 6.07 Å². The Morgan fingerprint density at radius 3 is 2.56 bits per heavy atom. The van der Waals surface area contributed by atoms with E-state index in [-0.39, 0.29) is 22.0 Å². The van der Waals surface area contributed by atoms with Crippen LogP contribution in [0.5, 0.6) is 0 Å². The Balaban J connectivity index is 1.97. The van der Waals surface area contributed by atoms with Crippen LogP contribution in [0.25, 0.3) is 11.0 Å². The predicted molar refractivity (Wildman–Crippen MR) is 96.7 cm³/mol. The number of hydrogen-bond acceptors (Lipinski definition) is 4. The number of carbonyl (C=O) groups excluding carboxylic acids is 2. The Kier molecular flexibility index (Phi) is 4.70. The first-order valence-corrected chi connectivity index (χ1v) is 8.04. The summed E-state index contributed by atoms with van der Waals surface area (Å²) in [5.41, 5.74) is 1.66. The molecule has 2 aromatic carbocycles. The number of anilines is 1. The van der Waals surface area contributed by atoms with E-state index in [0.717, 1.165) is 5.39 Å². The smallest absolute Gasteiger partial charge is 0.337 e. The van der Waals surface area contributed by atoms with Crippen molar-refractivity contribution in [2.24, 2.45) is 0 Å². The second kappa shape index (κ2) is 6.78. The van der Waals surface area contributed by atoms with Crippen molar-refractivity contribution in [2.75, 3.05) is 12.4 Å². The molecule has 0 spiro atoms. The molecule has 0 atom stereocenters. The molecule has 1 N–H and O–H groups in total. The number of furan rings is 1. The monoisotopic (exact) mass is 377 g/mol. The maximum atomic E-state index is 12.6. The summed E-state index contributed by atoms with van der Waals surface area (Å²) >= 11 is 12.2. The lowest BCUT2D eigenvalue weighted by Gasteiger charge is -2.08. The molecular weight excluding hydrogens is 365 g/mol. The number of benzene rings is 2. The van der Waals surface area contributed by atoms with Crippen LogP contribution in [0.15, 0.2) is 40.8 Å². The van der Waals surface area contributed by atoms with E-state index in [1.165, 1.54) is 25.3 Å². The van der Waals surface area contributed by atoms with Gasteiger partial charge in [-0.25, -0.2) is 4.79 Å². The Morgan fingerprint density at radius 1 is 1.12 bits per heavy atom. The van der Waals surface area contributed by atoms with Crippen LogP contribution in [0.1, 0.15) is 26.5 Å². The summed E-state index contributed by atoms with van der Waals surface area (Å²) in [6, 6.07) is 9.75. The number of aryl methyl sites for hydroxylation is 1. The number of halogens is 2. The topological polar surface area (TPSA) is 68.5 Å². The second-order valence-electron chi connectivity index (χ2n) is 5.31. The normalized spacial score (nSPS) is 10.7. The van der Waals surface area contributed by atoms with Crippen LogP contribution in [0.4, 0.5) is 5.69 Å². The fraction of sp³-hybridized carbons (Fsp3) is 0.111. The van der Waals surface area contributed by atoms with Crippen LogP contribution in [-0.2, 0) is 4.74 Å². The lowest BCUT2D eigenvalue weighted by molar-refractivity contribution is 0.0600. The van der Waals surface area contributed by atoms with E-state index in [4.69, 9.17) is 27.6 Å². The first-order valence-electron chi connectivity index (χ1n) is 7.29. The maximum Gasteiger partial charge on any atom is 0.337 e. The molecule has 0 saturated carbocycles. The highest BCUT2D eigenvalue weighted by molar-refractivity contribution is 6.35. The van der Waals surface area contributed by atoms with Crippen molar-refractivity contribution in [1.82, 2.24) is 0 Å². The predicted octanol–water partition coefficient (Wildman–Crippen LogP) is 5.09. The van der Waals surface area contributed by atoms with Gasteiger partial charge in [-0.15, -0.1) is 0 Å². The minimum atomic E-state index is -0.529. The molecule has 0 bridgehead atoms. The summed E-state index contributed by atoms with van der Waals surface area (Å²) in [6.07, 6.45) is 0. The fourth-order valence-corrected chi connectivity index (χ4v) is 2.85. The van der Waals surface area contributed by atoms with Crippen molar-refractivity contribution < 1.29 is 18.7 Å². The lowest BCUT2D eigenvalue weighted by atomic mass is 10.1. The first-order chi connectivity index (χ1) is 11.9. The van der Waals surface area contributed by atoms with Gasteiger partial charge in [0, 0.05) is 10.9 Å². The number of rotatable bonds is 3. The van der Waals surface area contributed by atoms with Crippen molar-refractivity contribution in [3.05, 3.63) is 63.3 Å². The number of fused-ring (bicyclic) bond motifs is 1. The molecule has 1 aromatic heterocycles. The number of amides is 1. The van der Waals surface area contributed by atoms with Crippen LogP contribution in [-0.4, -0.2) is 19.0 Å². The number of esters is 1. The number of ether oxygens (including phenoxy) is 1. The van der Waals surface area contributed by atoms with Gasteiger partial charge < -0.3 is 14.5 Å². The van der Waals surface area contributed by atoms with Gasteiger partial charge in [-0.1, -0.05) is 35.3 Å². The van der Waals surface area contributed by atoms with Crippen LogP contribution in [0.3, 0.4) is 0 Å². The fourth-order valence-electron chi connectivity index (χ4n) is 2.47. The molecule has 0 aliphatic rings. The van der Waals surface area contributed by atoms with E-state index >= 15 is 0 Å². The number of para-hydroxylation sites is 1. The summed E-state index contributed by atoms with van der Waals surface area (Å²) in [5, 5.41) is 4.11. The maximum absolute atomic E-state index is 12.6. The molecule has 3 aromatic rings. The average Bonchev–Trinajstić information content (AvgIpc) is 2.94. The Hall–Kier alpha value is -2.50. The van der Waals surface area contributed by atoms with Gasteiger partial charge in [-0.3, -0.25) is 4.79 Å². The van der Waals surface area contributed by atoms with E-state index in [9.17, 15) is 9.59 Å². The van der Waals surface area contributed by atoms with Gasteiger partial charge in [0.15, 0.2) is 11.3 Å². The van der Waals surface area contributed by atoms with E-state index in [0.29, 0.717) is 16.2 Å². The summed E-state index contributed by atoms with van der Waals surface area (Å²) in [6.45, 7) is 1.77. The first kappa shape index (κ1) is 17.3. The second-order valence-corrected chi connectivity index (χ2v) is 6.13. The lowest BCUT2D eigenvalue weighted by Crippen LogP contribution is -2.13. The van der Waals surface area contributed by atoms with Crippen LogP contribution in [0.2, 0.25) is 10.0 Å². The third-order valence-electron chi connectivity index (χ3n) is 3.76. The minimum absolute atomic E-state index is 0.127. The summed E-state index contributed by atoms with van der Waals surface area (Å²) in [7, 11) is 1.27. The largest absolute Gasteiger partial charge is 0.465 e. The molecule has 7 heteroatoms. The molecule has 0 aliphatic carbocycles. The molecule has 25 heavy (non-hydrogen) atoms. The number of hydrogen-bond donors (Lipinski definition) is 1. The van der Waals surface area contributed by atoms with Crippen molar-refractivity contribution >= 4 is 51.7 Å². The van der Waals surface area contributed by atoms with Gasteiger partial charge in [0.2, 0.25) is 0 Å². The molecule has 0 fully saturated rings. The van der Waals surface area contributed by atoms with E-state index < -0.39 is 11.9 Å². The molecule has 1 heterocycles. The summed E-state index contributed by atoms with van der Waals surface area (Å²) in [4.78, 5) is 24.2. The molecule has 0 unspecified atom stereocenters. The zero-order valence-electron chi connectivity index (χ0n) is 13.4. The summed E-state index contributed by atoms with van der Waals surface area (Å²) < 4.78 is 10.3. The van der Waals surface area contributed by atoms with E-state index in [1.54, 1.807) is 19.1 Å². The Labute approximate surface area is 153 Å². The minimum Gasteiger partial charge on any atom is -0.465 e. The van der Waals surface area contributed by atoms with Gasteiger partial charge in [0.1, 0.15) is 0 Å². The number of methoxy groups -OCH3 is 1. The van der Waals surface area contributed by atoms with Crippen LogP contribution >= 0.6 is 23.2 Å². The van der Waals surface area contributed by atoms with Gasteiger partial charge in [0.25, 0.3) is 5.91 Å². The molecule has 1 amide bonds. The quantitative estimate of drug-likeness (QED) is 0.645. The van der Waals surface area contributed by atoms with Gasteiger partial charge in [-0.05, 0) is 31.2 Å². The van der Waals surface area contributed by atoms with Gasteiger partial charge in [-0.2, -0.15) is 0 Å².